The average molecular weight is 374 g/mol. The second-order valence-electron chi connectivity index (χ2n) is 5.87. The third-order valence-electron chi connectivity index (χ3n) is 3.73. The second kappa shape index (κ2) is 6.19. The Bertz CT molecular complexity index is 827. The van der Waals surface area contributed by atoms with Gasteiger partial charge in [0.1, 0.15) is 0 Å². The van der Waals surface area contributed by atoms with Crippen LogP contribution in [0.5, 0.6) is 11.5 Å². The van der Waals surface area contributed by atoms with Gasteiger partial charge in [-0.05, 0) is 43.5 Å². The van der Waals surface area contributed by atoms with Gasteiger partial charge in [0.25, 0.3) is 10.1 Å². The van der Waals surface area contributed by atoms with E-state index in [-0.39, 0.29) is 17.9 Å². The van der Waals surface area contributed by atoms with Gasteiger partial charge >= 0.3 is 17.7 Å². The standard InChI is InChI=1S/C15H18O9S/c1-7-5-11-12(23-15(22-11,13(16)17)14(18)19)9(3)10(7)6-8(2)24-25(4,20)21/h5,8H,6H2,1-4H3,(H,16,17)(H,18,19)/t8-/m1/s1. The third-order valence-corrected chi connectivity index (χ3v) is 4.41. The van der Waals surface area contributed by atoms with Crippen molar-refractivity contribution in [1.29, 1.82) is 0 Å². The summed E-state index contributed by atoms with van der Waals surface area (Å²) < 4.78 is 37.6. The summed E-state index contributed by atoms with van der Waals surface area (Å²) >= 11 is 0. The molecule has 10 heteroatoms. The van der Waals surface area contributed by atoms with Crippen LogP contribution in [0.3, 0.4) is 0 Å². The van der Waals surface area contributed by atoms with Crippen molar-refractivity contribution < 1.29 is 41.9 Å². The number of ether oxygens (including phenoxy) is 2. The van der Waals surface area contributed by atoms with Crippen molar-refractivity contribution in [2.75, 3.05) is 6.26 Å². The van der Waals surface area contributed by atoms with Crippen LogP contribution in [0.15, 0.2) is 6.07 Å². The first-order valence-corrected chi connectivity index (χ1v) is 9.05. The maximum absolute atomic E-state index is 11.3. The summed E-state index contributed by atoms with van der Waals surface area (Å²) in [5.41, 5.74) is 1.78. The molecule has 0 saturated carbocycles. The molecule has 1 aliphatic rings. The predicted octanol–water partition coefficient (Wildman–Crippen LogP) is 0.847. The number of fused-ring (bicyclic) bond motifs is 1. The first-order chi connectivity index (χ1) is 11.4. The lowest BCUT2D eigenvalue weighted by Crippen LogP contribution is -2.54. The van der Waals surface area contributed by atoms with Crippen LogP contribution in [0, 0.1) is 13.8 Å². The Morgan fingerprint density at radius 3 is 2.28 bits per heavy atom. The molecule has 1 aromatic rings. The highest BCUT2D eigenvalue weighted by Crippen LogP contribution is 2.45. The molecule has 0 amide bonds. The smallest absolute Gasteiger partial charge is 0.453 e. The fourth-order valence-electron chi connectivity index (χ4n) is 2.69. The molecule has 0 aliphatic carbocycles. The van der Waals surface area contributed by atoms with Gasteiger partial charge in [0, 0.05) is 6.42 Å². The molecule has 1 aromatic carbocycles. The van der Waals surface area contributed by atoms with Gasteiger partial charge in [0.15, 0.2) is 11.5 Å². The van der Waals surface area contributed by atoms with Crippen LogP contribution in [0.25, 0.3) is 0 Å². The van der Waals surface area contributed by atoms with E-state index in [0.717, 1.165) is 6.26 Å². The molecule has 0 unspecified atom stereocenters. The molecule has 0 radical (unpaired) electrons. The molecule has 1 atom stereocenters. The van der Waals surface area contributed by atoms with E-state index in [1.807, 2.05) is 0 Å². The van der Waals surface area contributed by atoms with E-state index in [0.29, 0.717) is 16.7 Å². The number of hydrogen-bond donors (Lipinski definition) is 2. The fraction of sp³-hybridized carbons (Fsp3) is 0.467. The number of carboxylic acids is 2. The number of hydrogen-bond acceptors (Lipinski definition) is 7. The summed E-state index contributed by atoms with van der Waals surface area (Å²) in [5.74, 6) is -6.42. The summed E-state index contributed by atoms with van der Waals surface area (Å²) in [5, 5.41) is 18.4. The fourth-order valence-corrected chi connectivity index (χ4v) is 3.35. The van der Waals surface area contributed by atoms with Crippen molar-refractivity contribution in [3.63, 3.8) is 0 Å². The average Bonchev–Trinajstić information content (AvgIpc) is 2.82. The summed E-state index contributed by atoms with van der Waals surface area (Å²) in [6, 6.07) is 1.46. The Morgan fingerprint density at radius 2 is 1.80 bits per heavy atom. The van der Waals surface area contributed by atoms with Crippen LogP contribution in [-0.4, -0.2) is 48.7 Å². The summed E-state index contributed by atoms with van der Waals surface area (Å²) in [7, 11) is -3.63. The van der Waals surface area contributed by atoms with Crippen molar-refractivity contribution >= 4 is 22.1 Å². The Balaban J connectivity index is 2.42. The number of carbonyl (C=O) groups is 2. The van der Waals surface area contributed by atoms with Crippen molar-refractivity contribution in [1.82, 2.24) is 0 Å². The van der Waals surface area contributed by atoms with Gasteiger partial charge in [-0.1, -0.05) is 0 Å². The monoisotopic (exact) mass is 374 g/mol. The van der Waals surface area contributed by atoms with Gasteiger partial charge in [-0.2, -0.15) is 8.42 Å². The van der Waals surface area contributed by atoms with Gasteiger partial charge < -0.3 is 19.7 Å². The molecule has 2 N–H and O–H groups in total. The van der Waals surface area contributed by atoms with Gasteiger partial charge in [-0.15, -0.1) is 0 Å². The highest BCUT2D eigenvalue weighted by Gasteiger charge is 2.58. The number of aliphatic carboxylic acids is 2. The molecule has 0 spiro atoms. The molecule has 25 heavy (non-hydrogen) atoms. The molecule has 1 aliphatic heterocycles. The first kappa shape index (κ1) is 19.0. The van der Waals surface area contributed by atoms with Crippen molar-refractivity contribution in [3.05, 3.63) is 22.8 Å². The molecule has 1 heterocycles. The highest BCUT2D eigenvalue weighted by atomic mass is 32.2. The number of benzene rings is 1. The summed E-state index contributed by atoms with van der Waals surface area (Å²) in [4.78, 5) is 22.7. The van der Waals surface area contributed by atoms with Crippen LogP contribution in [0.1, 0.15) is 23.6 Å². The topological polar surface area (TPSA) is 136 Å². The van der Waals surface area contributed by atoms with E-state index in [2.05, 4.69) is 0 Å². The minimum atomic E-state index is -3.63. The second-order valence-corrected chi connectivity index (χ2v) is 7.47. The van der Waals surface area contributed by atoms with Crippen molar-refractivity contribution in [2.24, 2.45) is 0 Å². The van der Waals surface area contributed by atoms with Crippen LogP contribution in [0.4, 0.5) is 0 Å². The number of carboxylic acid groups (broad SMARTS) is 2. The Morgan fingerprint density at radius 1 is 1.24 bits per heavy atom. The van der Waals surface area contributed by atoms with Gasteiger partial charge in [0.05, 0.1) is 12.4 Å². The van der Waals surface area contributed by atoms with Crippen LogP contribution >= 0.6 is 0 Å². The van der Waals surface area contributed by atoms with Crippen molar-refractivity contribution in [2.45, 2.75) is 39.1 Å². The quantitative estimate of drug-likeness (QED) is 0.548. The Hall–Kier alpha value is -2.33. The maximum Gasteiger partial charge on any atom is 0.453 e. The zero-order valence-corrected chi connectivity index (χ0v) is 14.8. The molecule has 0 bridgehead atoms. The normalized spacial score (nSPS) is 16.5. The minimum absolute atomic E-state index is 0.000217. The SMILES string of the molecule is Cc1cc2c(c(C)c1C[C@@H](C)OS(C)(=O)=O)OC(C(=O)O)(C(=O)O)O2. The van der Waals surface area contributed by atoms with E-state index in [9.17, 15) is 28.2 Å². The van der Waals surface area contributed by atoms with E-state index in [1.165, 1.54) is 6.07 Å². The lowest BCUT2D eigenvalue weighted by Gasteiger charge is -2.17. The molecular weight excluding hydrogens is 356 g/mol. The van der Waals surface area contributed by atoms with E-state index in [1.54, 1.807) is 20.8 Å². The largest absolute Gasteiger partial charge is 0.475 e. The van der Waals surface area contributed by atoms with Gasteiger partial charge in [-0.3, -0.25) is 4.18 Å². The Kier molecular flexibility index (Phi) is 4.71. The number of aryl methyl sites for hydroxylation is 1. The molecule has 138 valence electrons. The van der Waals surface area contributed by atoms with E-state index in [4.69, 9.17) is 13.7 Å². The molecule has 0 saturated heterocycles. The Labute approximate surface area is 144 Å². The summed E-state index contributed by atoms with van der Waals surface area (Å²) in [6.45, 7) is 4.89. The van der Waals surface area contributed by atoms with Gasteiger partial charge in [-0.25, -0.2) is 9.59 Å². The van der Waals surface area contributed by atoms with E-state index >= 15 is 0 Å². The lowest BCUT2D eigenvalue weighted by atomic mass is 9.96. The molecule has 0 fully saturated rings. The first-order valence-electron chi connectivity index (χ1n) is 7.23. The maximum atomic E-state index is 11.3. The predicted molar refractivity (Wildman–Crippen MR) is 84.3 cm³/mol. The third kappa shape index (κ3) is 3.54. The van der Waals surface area contributed by atoms with E-state index < -0.39 is 33.9 Å². The minimum Gasteiger partial charge on any atom is -0.475 e. The highest BCUT2D eigenvalue weighted by molar-refractivity contribution is 7.86. The summed E-state index contributed by atoms with van der Waals surface area (Å²) in [6.07, 6.45) is 0.474. The van der Waals surface area contributed by atoms with Crippen LogP contribution in [-0.2, 0) is 30.3 Å². The molecule has 9 nitrogen and oxygen atoms in total. The molecular formula is C15H18O9S. The zero-order chi connectivity index (χ0) is 19.2. The van der Waals surface area contributed by atoms with Crippen LogP contribution in [0.2, 0.25) is 0 Å². The zero-order valence-electron chi connectivity index (χ0n) is 14.0. The van der Waals surface area contributed by atoms with Crippen LogP contribution < -0.4 is 9.47 Å². The molecule has 0 aromatic heterocycles. The molecule has 2 rings (SSSR count). The number of rotatable bonds is 6. The lowest BCUT2D eigenvalue weighted by molar-refractivity contribution is -0.194. The van der Waals surface area contributed by atoms with Gasteiger partial charge in [0.2, 0.25) is 0 Å². The van der Waals surface area contributed by atoms with Crippen molar-refractivity contribution in [3.8, 4) is 11.5 Å².